The Bertz CT molecular complexity index is 706. The van der Waals surface area contributed by atoms with Crippen LogP contribution in [0.1, 0.15) is 24.0 Å². The van der Waals surface area contributed by atoms with E-state index in [0.717, 1.165) is 12.2 Å². The molecule has 0 amide bonds. The zero-order valence-corrected chi connectivity index (χ0v) is 14.5. The highest BCUT2D eigenvalue weighted by Gasteiger charge is 2.43. The molecule has 1 aliphatic rings. The number of aliphatic imine (C=N–C) groups is 1. The summed E-state index contributed by atoms with van der Waals surface area (Å²) in [5.41, 5.74) is 9.58. The van der Waals surface area contributed by atoms with E-state index in [0.29, 0.717) is 5.96 Å². The lowest BCUT2D eigenvalue weighted by atomic mass is 10.1. The molecule has 0 heterocycles. The van der Waals surface area contributed by atoms with Crippen LogP contribution in [0.15, 0.2) is 58.4 Å². The van der Waals surface area contributed by atoms with Crippen LogP contribution in [0.2, 0.25) is 0 Å². The van der Waals surface area contributed by atoms with Gasteiger partial charge in [-0.2, -0.15) is 0 Å². The van der Waals surface area contributed by atoms with Crippen LogP contribution in [0.4, 0.5) is 5.69 Å². The summed E-state index contributed by atoms with van der Waals surface area (Å²) in [6, 6.07) is 16.8. The molecule has 3 N–H and O–H groups in total. The number of hydrogen-bond donors (Lipinski definition) is 2. The van der Waals surface area contributed by atoms with E-state index in [-0.39, 0.29) is 4.75 Å². The molecular formula is C19H23N3S. The number of nitrogens with one attached hydrogen (secondary N) is 1. The standard InChI is InChI=1S/C19H23N3S/c1-14-8-9-16(12-15(14)2)22-18(20)21-13-19(10-11-19)23-17-6-4-3-5-7-17/h3-9,12H,10-11,13H2,1-2H3,(H3,20,21,22). The number of rotatable bonds is 5. The predicted molar refractivity (Wildman–Crippen MR) is 100 cm³/mol. The van der Waals surface area contributed by atoms with Crippen LogP contribution < -0.4 is 11.1 Å². The predicted octanol–water partition coefficient (Wildman–Crippen LogP) is 4.35. The summed E-state index contributed by atoms with van der Waals surface area (Å²) >= 11 is 1.92. The SMILES string of the molecule is Cc1ccc(NC(N)=NCC2(Sc3ccccc3)CC2)cc1C. The molecule has 1 fully saturated rings. The Morgan fingerprint density at radius 3 is 2.52 bits per heavy atom. The highest BCUT2D eigenvalue weighted by molar-refractivity contribution is 8.01. The number of thioether (sulfide) groups is 1. The van der Waals surface area contributed by atoms with Gasteiger partial charge in [0.05, 0.1) is 6.54 Å². The zero-order valence-electron chi connectivity index (χ0n) is 13.7. The van der Waals surface area contributed by atoms with Crippen molar-refractivity contribution in [1.82, 2.24) is 0 Å². The van der Waals surface area contributed by atoms with Crippen LogP contribution in [0, 0.1) is 13.8 Å². The average molecular weight is 325 g/mol. The Balaban J connectivity index is 1.59. The van der Waals surface area contributed by atoms with Gasteiger partial charge in [0.2, 0.25) is 0 Å². The fraction of sp³-hybridized carbons (Fsp3) is 0.316. The van der Waals surface area contributed by atoms with Gasteiger partial charge in [0.15, 0.2) is 5.96 Å². The lowest BCUT2D eigenvalue weighted by molar-refractivity contribution is 0.897. The van der Waals surface area contributed by atoms with Crippen molar-refractivity contribution in [2.75, 3.05) is 11.9 Å². The number of guanidine groups is 1. The fourth-order valence-electron chi connectivity index (χ4n) is 2.41. The molecule has 0 radical (unpaired) electrons. The van der Waals surface area contributed by atoms with Crippen molar-refractivity contribution in [3.63, 3.8) is 0 Å². The molecule has 0 saturated heterocycles. The Kier molecular flexibility index (Phi) is 4.62. The number of hydrogen-bond acceptors (Lipinski definition) is 2. The molecule has 2 aromatic carbocycles. The van der Waals surface area contributed by atoms with Gasteiger partial charge in [-0.25, -0.2) is 0 Å². The van der Waals surface area contributed by atoms with Gasteiger partial charge in [-0.3, -0.25) is 4.99 Å². The molecule has 23 heavy (non-hydrogen) atoms. The Hall–Kier alpha value is -1.94. The molecule has 1 aliphatic carbocycles. The minimum Gasteiger partial charge on any atom is -0.370 e. The first-order valence-corrected chi connectivity index (χ1v) is 8.76. The van der Waals surface area contributed by atoms with Gasteiger partial charge >= 0.3 is 0 Å². The maximum absolute atomic E-state index is 6.05. The molecule has 0 spiro atoms. The van der Waals surface area contributed by atoms with E-state index in [1.54, 1.807) is 0 Å². The maximum atomic E-state index is 6.05. The molecule has 1 saturated carbocycles. The molecule has 2 aromatic rings. The minimum absolute atomic E-state index is 0.233. The number of benzene rings is 2. The van der Waals surface area contributed by atoms with Crippen molar-refractivity contribution in [2.45, 2.75) is 36.3 Å². The highest BCUT2D eigenvalue weighted by atomic mass is 32.2. The van der Waals surface area contributed by atoms with E-state index >= 15 is 0 Å². The normalized spacial score (nSPS) is 16.2. The molecule has 3 rings (SSSR count). The zero-order chi connectivity index (χ0) is 16.3. The lowest BCUT2D eigenvalue weighted by Crippen LogP contribution is -2.24. The molecule has 0 bridgehead atoms. The van der Waals surface area contributed by atoms with Crippen molar-refractivity contribution < 1.29 is 0 Å². The molecule has 3 nitrogen and oxygen atoms in total. The number of anilines is 1. The van der Waals surface area contributed by atoms with Crippen LogP contribution in [0.5, 0.6) is 0 Å². The summed E-state index contributed by atoms with van der Waals surface area (Å²) in [7, 11) is 0. The maximum Gasteiger partial charge on any atom is 0.193 e. The third-order valence-electron chi connectivity index (χ3n) is 4.20. The van der Waals surface area contributed by atoms with Crippen molar-refractivity contribution in [3.05, 3.63) is 59.7 Å². The van der Waals surface area contributed by atoms with Crippen molar-refractivity contribution >= 4 is 23.4 Å². The topological polar surface area (TPSA) is 50.4 Å². The summed E-state index contributed by atoms with van der Waals surface area (Å²) in [6.45, 7) is 4.97. The van der Waals surface area contributed by atoms with Gasteiger partial charge in [0.1, 0.15) is 0 Å². The van der Waals surface area contributed by atoms with Crippen LogP contribution in [0.25, 0.3) is 0 Å². The Labute approximate surface area is 142 Å². The van der Waals surface area contributed by atoms with E-state index in [2.05, 4.69) is 60.6 Å². The minimum atomic E-state index is 0.233. The van der Waals surface area contributed by atoms with Crippen LogP contribution in [-0.2, 0) is 0 Å². The summed E-state index contributed by atoms with van der Waals surface area (Å²) < 4.78 is 0.233. The quantitative estimate of drug-likeness (QED) is 0.634. The second-order valence-electron chi connectivity index (χ2n) is 6.22. The van der Waals surface area contributed by atoms with Crippen LogP contribution in [-0.4, -0.2) is 17.3 Å². The summed E-state index contributed by atoms with van der Waals surface area (Å²) in [6.07, 6.45) is 2.40. The van der Waals surface area contributed by atoms with Gasteiger partial charge in [0, 0.05) is 15.3 Å². The van der Waals surface area contributed by atoms with Gasteiger partial charge in [0.25, 0.3) is 0 Å². The van der Waals surface area contributed by atoms with E-state index in [1.165, 1.54) is 28.9 Å². The largest absolute Gasteiger partial charge is 0.370 e. The van der Waals surface area contributed by atoms with Crippen molar-refractivity contribution in [1.29, 1.82) is 0 Å². The molecule has 0 atom stereocenters. The van der Waals surface area contributed by atoms with Gasteiger partial charge < -0.3 is 11.1 Å². The Morgan fingerprint density at radius 1 is 1.13 bits per heavy atom. The monoisotopic (exact) mass is 325 g/mol. The summed E-state index contributed by atoms with van der Waals surface area (Å²) in [4.78, 5) is 5.87. The van der Waals surface area contributed by atoms with Crippen molar-refractivity contribution in [3.8, 4) is 0 Å². The molecule has 120 valence electrons. The van der Waals surface area contributed by atoms with E-state index in [9.17, 15) is 0 Å². The van der Waals surface area contributed by atoms with Gasteiger partial charge in [-0.15, -0.1) is 11.8 Å². The molecule has 0 aliphatic heterocycles. The summed E-state index contributed by atoms with van der Waals surface area (Å²) in [5, 5.41) is 3.19. The third-order valence-corrected chi connectivity index (χ3v) is 5.68. The fourth-order valence-corrected chi connectivity index (χ4v) is 3.63. The molecular weight excluding hydrogens is 302 g/mol. The van der Waals surface area contributed by atoms with E-state index in [1.807, 2.05) is 23.9 Å². The summed E-state index contributed by atoms with van der Waals surface area (Å²) in [5.74, 6) is 0.494. The van der Waals surface area contributed by atoms with Gasteiger partial charge in [-0.1, -0.05) is 24.3 Å². The molecule has 0 aromatic heterocycles. The van der Waals surface area contributed by atoms with Gasteiger partial charge in [-0.05, 0) is 62.1 Å². The number of nitrogens with two attached hydrogens (primary N) is 1. The second kappa shape index (κ2) is 6.67. The lowest BCUT2D eigenvalue weighted by Gasteiger charge is -2.13. The van der Waals surface area contributed by atoms with E-state index < -0.39 is 0 Å². The third kappa shape index (κ3) is 4.29. The first-order chi connectivity index (χ1) is 11.1. The van der Waals surface area contributed by atoms with E-state index in [4.69, 9.17) is 5.73 Å². The molecule has 0 unspecified atom stereocenters. The Morgan fingerprint density at radius 2 is 1.87 bits per heavy atom. The first-order valence-electron chi connectivity index (χ1n) is 7.95. The highest BCUT2D eigenvalue weighted by Crippen LogP contribution is 2.51. The van der Waals surface area contributed by atoms with Crippen molar-refractivity contribution in [2.24, 2.45) is 10.7 Å². The van der Waals surface area contributed by atoms with Crippen LogP contribution in [0.3, 0.4) is 0 Å². The number of aryl methyl sites for hydroxylation is 2. The number of nitrogens with zero attached hydrogens (tertiary/aromatic N) is 1. The second-order valence-corrected chi connectivity index (χ2v) is 7.77. The molecule has 4 heteroatoms. The average Bonchev–Trinajstić information content (AvgIpc) is 3.30. The smallest absolute Gasteiger partial charge is 0.193 e. The van der Waals surface area contributed by atoms with Crippen LogP contribution >= 0.6 is 11.8 Å². The first kappa shape index (κ1) is 15.9.